The molecule has 2 saturated carbocycles. The van der Waals surface area contributed by atoms with E-state index in [9.17, 15) is 5.26 Å². The Morgan fingerprint density at radius 3 is 2.62 bits per heavy atom. The summed E-state index contributed by atoms with van der Waals surface area (Å²) in [6, 6.07) is 14.8. The van der Waals surface area contributed by atoms with Gasteiger partial charge in [0, 0.05) is 30.5 Å². The third-order valence-electron chi connectivity index (χ3n) is 7.27. The van der Waals surface area contributed by atoms with Crippen molar-refractivity contribution in [3.05, 3.63) is 66.2 Å². The standard InChI is InChI=1S/C28H26N5O/c1-34-22-7-5-21(6-8-22)33-17-32-25-9-4-20(13-28(25)33)26-14-23(19-2-3-19)24(16-31-26)27-12-18(15-29)10-11-30-27/h4,9-14,17,19,21-22H,2-3,5-8H2,1H3/t21-,22-. The van der Waals surface area contributed by atoms with Crippen LogP contribution in [0.15, 0.2) is 48.9 Å². The molecule has 0 unspecified atom stereocenters. The summed E-state index contributed by atoms with van der Waals surface area (Å²) in [5, 5.41) is 9.29. The van der Waals surface area contributed by atoms with Crippen molar-refractivity contribution in [2.24, 2.45) is 0 Å². The van der Waals surface area contributed by atoms with Gasteiger partial charge in [0.05, 0.1) is 52.7 Å². The van der Waals surface area contributed by atoms with Gasteiger partial charge < -0.3 is 9.30 Å². The third-order valence-corrected chi connectivity index (χ3v) is 7.27. The minimum absolute atomic E-state index is 0.379. The number of methoxy groups -OCH3 is 1. The minimum atomic E-state index is 0.379. The van der Waals surface area contributed by atoms with E-state index in [1.54, 1.807) is 12.3 Å². The van der Waals surface area contributed by atoms with E-state index in [2.05, 4.69) is 51.1 Å². The molecule has 6 heteroatoms. The van der Waals surface area contributed by atoms with Crippen molar-refractivity contribution in [3.63, 3.8) is 0 Å². The van der Waals surface area contributed by atoms with Gasteiger partial charge in [-0.05, 0) is 80.3 Å². The molecule has 34 heavy (non-hydrogen) atoms. The minimum Gasteiger partial charge on any atom is -0.381 e. The van der Waals surface area contributed by atoms with Crippen molar-refractivity contribution in [2.45, 2.75) is 56.6 Å². The monoisotopic (exact) mass is 448 g/mol. The number of pyridine rings is 2. The Hall–Kier alpha value is -3.56. The second-order valence-corrected chi connectivity index (χ2v) is 9.42. The molecule has 0 atom stereocenters. The molecule has 1 aromatic carbocycles. The first-order chi connectivity index (χ1) is 16.7. The summed E-state index contributed by atoms with van der Waals surface area (Å²) in [6.45, 7) is 0. The molecule has 169 valence electrons. The Labute approximate surface area is 199 Å². The molecule has 0 N–H and O–H groups in total. The number of aromatic nitrogens is 4. The van der Waals surface area contributed by atoms with Gasteiger partial charge in [0.15, 0.2) is 0 Å². The SMILES string of the molecule is CO[C@H]1CC[C@H](n2cnc3ccc(-c4cc(C5CC5)c(-c5cc(C#N)ccn5)[c]n4)cc32)CC1. The largest absolute Gasteiger partial charge is 0.381 e. The predicted molar refractivity (Wildman–Crippen MR) is 130 cm³/mol. The van der Waals surface area contributed by atoms with Crippen LogP contribution in [-0.2, 0) is 4.74 Å². The fourth-order valence-electron chi connectivity index (χ4n) is 5.17. The van der Waals surface area contributed by atoms with Gasteiger partial charge in [0.25, 0.3) is 0 Å². The number of nitrogens with zero attached hydrogens (tertiary/aromatic N) is 5. The first kappa shape index (κ1) is 21.0. The highest BCUT2D eigenvalue weighted by molar-refractivity contribution is 5.82. The van der Waals surface area contributed by atoms with Gasteiger partial charge in [-0.25, -0.2) is 9.97 Å². The van der Waals surface area contributed by atoms with E-state index in [1.165, 1.54) is 5.56 Å². The van der Waals surface area contributed by atoms with E-state index in [0.29, 0.717) is 23.6 Å². The highest BCUT2D eigenvalue weighted by atomic mass is 16.5. The number of ether oxygens (including phenoxy) is 1. The van der Waals surface area contributed by atoms with Gasteiger partial charge in [-0.1, -0.05) is 6.07 Å². The van der Waals surface area contributed by atoms with Crippen molar-refractivity contribution >= 4 is 11.0 Å². The summed E-state index contributed by atoms with van der Waals surface area (Å²) >= 11 is 0. The zero-order chi connectivity index (χ0) is 23.1. The Morgan fingerprint density at radius 1 is 1.00 bits per heavy atom. The van der Waals surface area contributed by atoms with Gasteiger partial charge in [-0.3, -0.25) is 4.98 Å². The van der Waals surface area contributed by atoms with E-state index in [0.717, 1.165) is 72.1 Å². The van der Waals surface area contributed by atoms with E-state index in [-0.39, 0.29) is 0 Å². The molecule has 2 aliphatic rings. The van der Waals surface area contributed by atoms with E-state index in [4.69, 9.17) is 9.72 Å². The summed E-state index contributed by atoms with van der Waals surface area (Å²) in [7, 11) is 1.81. The molecule has 0 bridgehead atoms. The summed E-state index contributed by atoms with van der Waals surface area (Å²) in [4.78, 5) is 13.9. The average Bonchev–Trinajstić information content (AvgIpc) is 3.67. The molecule has 0 saturated heterocycles. The first-order valence-electron chi connectivity index (χ1n) is 12.0. The van der Waals surface area contributed by atoms with E-state index >= 15 is 0 Å². The van der Waals surface area contributed by atoms with Crippen LogP contribution in [0.3, 0.4) is 0 Å². The molecule has 0 spiro atoms. The number of imidazole rings is 1. The van der Waals surface area contributed by atoms with Gasteiger partial charge in [0.1, 0.15) is 0 Å². The molecular weight excluding hydrogens is 422 g/mol. The second-order valence-electron chi connectivity index (χ2n) is 9.42. The van der Waals surface area contributed by atoms with Gasteiger partial charge in [0.2, 0.25) is 0 Å². The molecule has 6 rings (SSSR count). The van der Waals surface area contributed by atoms with Crippen LogP contribution in [0.4, 0.5) is 0 Å². The highest BCUT2D eigenvalue weighted by Gasteiger charge is 2.28. The summed E-state index contributed by atoms with van der Waals surface area (Å²) in [5.74, 6) is 0.505. The number of fused-ring (bicyclic) bond motifs is 1. The Bertz CT molecular complexity index is 1390. The molecule has 2 fully saturated rings. The zero-order valence-electron chi connectivity index (χ0n) is 19.2. The van der Waals surface area contributed by atoms with E-state index in [1.807, 2.05) is 19.5 Å². The fraction of sp³-hybridized carbons (Fsp3) is 0.357. The van der Waals surface area contributed by atoms with Gasteiger partial charge in [-0.2, -0.15) is 5.26 Å². The van der Waals surface area contributed by atoms with Crippen LogP contribution < -0.4 is 0 Å². The maximum absolute atomic E-state index is 9.29. The quantitative estimate of drug-likeness (QED) is 0.383. The lowest BCUT2D eigenvalue weighted by molar-refractivity contribution is 0.0589. The van der Waals surface area contributed by atoms with Crippen LogP contribution in [0.2, 0.25) is 0 Å². The fourth-order valence-corrected chi connectivity index (χ4v) is 5.17. The number of rotatable bonds is 5. The van der Waals surface area contributed by atoms with Crippen molar-refractivity contribution in [1.29, 1.82) is 5.26 Å². The number of benzene rings is 1. The lowest BCUT2D eigenvalue weighted by Gasteiger charge is -2.28. The van der Waals surface area contributed by atoms with Crippen molar-refractivity contribution in [1.82, 2.24) is 19.5 Å². The second kappa shape index (κ2) is 8.66. The number of hydrogen-bond acceptors (Lipinski definition) is 5. The van der Waals surface area contributed by atoms with Crippen molar-refractivity contribution < 1.29 is 4.74 Å². The first-order valence-corrected chi connectivity index (χ1v) is 12.0. The number of hydrogen-bond donors (Lipinski definition) is 0. The molecule has 0 amide bonds. The van der Waals surface area contributed by atoms with E-state index < -0.39 is 0 Å². The highest BCUT2D eigenvalue weighted by Crippen LogP contribution is 2.45. The Kier molecular flexibility index (Phi) is 5.35. The molecule has 2 aliphatic carbocycles. The summed E-state index contributed by atoms with van der Waals surface area (Å²) in [6.07, 6.45) is 14.0. The molecular formula is C28H26N5O. The molecule has 3 aromatic heterocycles. The summed E-state index contributed by atoms with van der Waals surface area (Å²) in [5.41, 5.74) is 7.65. The van der Waals surface area contributed by atoms with Gasteiger partial charge >= 0.3 is 0 Å². The van der Waals surface area contributed by atoms with Crippen LogP contribution in [-0.4, -0.2) is 32.7 Å². The predicted octanol–water partition coefficient (Wildman–Crippen LogP) is 5.84. The van der Waals surface area contributed by atoms with Crippen LogP contribution >= 0.6 is 0 Å². The van der Waals surface area contributed by atoms with Crippen molar-refractivity contribution in [3.8, 4) is 28.6 Å². The van der Waals surface area contributed by atoms with Crippen LogP contribution in [0.5, 0.6) is 0 Å². The molecule has 4 aromatic rings. The van der Waals surface area contributed by atoms with Crippen LogP contribution in [0, 0.1) is 17.5 Å². The third kappa shape index (κ3) is 3.86. The topological polar surface area (TPSA) is 76.6 Å². The molecule has 3 heterocycles. The van der Waals surface area contributed by atoms with Gasteiger partial charge in [-0.15, -0.1) is 0 Å². The number of nitriles is 1. The Morgan fingerprint density at radius 2 is 1.85 bits per heavy atom. The maximum Gasteiger partial charge on any atom is 0.0997 e. The van der Waals surface area contributed by atoms with Crippen molar-refractivity contribution in [2.75, 3.05) is 7.11 Å². The molecule has 0 aliphatic heterocycles. The smallest absolute Gasteiger partial charge is 0.0997 e. The average molecular weight is 449 g/mol. The maximum atomic E-state index is 9.29. The molecule has 6 nitrogen and oxygen atoms in total. The summed E-state index contributed by atoms with van der Waals surface area (Å²) < 4.78 is 7.89. The van der Waals surface area contributed by atoms with Crippen LogP contribution in [0.1, 0.15) is 61.6 Å². The molecule has 1 radical (unpaired) electrons. The lowest BCUT2D eigenvalue weighted by atomic mass is 9.92. The lowest BCUT2D eigenvalue weighted by Crippen LogP contribution is -2.22. The Balaban J connectivity index is 1.37. The van der Waals surface area contributed by atoms with Crippen LogP contribution in [0.25, 0.3) is 33.5 Å². The normalized spacial score (nSPS) is 20.4. The zero-order valence-corrected chi connectivity index (χ0v) is 19.2.